The SMILES string of the molecule is CCCCOC(=O)N[C@@H](CC)C(=O)O. The van der Waals surface area contributed by atoms with E-state index in [2.05, 4.69) is 5.32 Å². The molecule has 0 saturated heterocycles. The van der Waals surface area contributed by atoms with Gasteiger partial charge in [-0.3, -0.25) is 0 Å². The summed E-state index contributed by atoms with van der Waals surface area (Å²) in [6.45, 7) is 4.00. The summed E-state index contributed by atoms with van der Waals surface area (Å²) in [5.41, 5.74) is 0. The summed E-state index contributed by atoms with van der Waals surface area (Å²) in [6.07, 6.45) is 1.41. The molecule has 1 atom stereocenters. The fraction of sp³-hybridized carbons (Fsp3) is 0.778. The van der Waals surface area contributed by atoms with Crippen LogP contribution in [0.25, 0.3) is 0 Å². The highest BCUT2D eigenvalue weighted by molar-refractivity contribution is 5.79. The van der Waals surface area contributed by atoms with Gasteiger partial charge in [-0.05, 0) is 12.8 Å². The smallest absolute Gasteiger partial charge is 0.407 e. The molecule has 2 N–H and O–H groups in total. The molecule has 0 aromatic heterocycles. The summed E-state index contributed by atoms with van der Waals surface area (Å²) >= 11 is 0. The maximum Gasteiger partial charge on any atom is 0.407 e. The van der Waals surface area contributed by atoms with Gasteiger partial charge in [-0.15, -0.1) is 0 Å². The first kappa shape index (κ1) is 12.7. The summed E-state index contributed by atoms with van der Waals surface area (Å²) < 4.78 is 4.75. The number of hydrogen-bond acceptors (Lipinski definition) is 3. The van der Waals surface area contributed by atoms with Gasteiger partial charge in [0.2, 0.25) is 0 Å². The van der Waals surface area contributed by atoms with Crippen molar-refractivity contribution in [1.29, 1.82) is 0 Å². The summed E-state index contributed by atoms with van der Waals surface area (Å²) in [4.78, 5) is 21.5. The topological polar surface area (TPSA) is 75.6 Å². The lowest BCUT2D eigenvalue weighted by molar-refractivity contribution is -0.139. The van der Waals surface area contributed by atoms with Crippen LogP contribution in [0.3, 0.4) is 0 Å². The molecule has 0 radical (unpaired) electrons. The van der Waals surface area contributed by atoms with Crippen LogP contribution in [-0.2, 0) is 9.53 Å². The Balaban J connectivity index is 3.74. The number of nitrogens with one attached hydrogen (secondary N) is 1. The normalized spacial score (nSPS) is 11.9. The summed E-state index contributed by atoms with van der Waals surface area (Å²) in [7, 11) is 0. The molecular weight excluding hydrogens is 186 g/mol. The predicted molar refractivity (Wildman–Crippen MR) is 51.1 cm³/mol. The molecule has 0 aromatic carbocycles. The van der Waals surface area contributed by atoms with Gasteiger partial charge in [-0.2, -0.15) is 0 Å². The van der Waals surface area contributed by atoms with Gasteiger partial charge < -0.3 is 15.2 Å². The molecule has 0 aliphatic heterocycles. The highest BCUT2D eigenvalue weighted by Gasteiger charge is 2.17. The molecule has 5 nitrogen and oxygen atoms in total. The van der Waals surface area contributed by atoms with E-state index in [0.29, 0.717) is 13.0 Å². The second kappa shape index (κ2) is 7.17. The Morgan fingerprint density at radius 1 is 1.43 bits per heavy atom. The number of unbranched alkanes of at least 4 members (excludes halogenated alkanes) is 1. The quantitative estimate of drug-likeness (QED) is 0.639. The molecular formula is C9H17NO4. The largest absolute Gasteiger partial charge is 0.480 e. The third-order valence-corrected chi connectivity index (χ3v) is 1.73. The van der Waals surface area contributed by atoms with Gasteiger partial charge >= 0.3 is 12.1 Å². The molecule has 0 unspecified atom stereocenters. The molecule has 82 valence electrons. The number of rotatable bonds is 6. The summed E-state index contributed by atoms with van der Waals surface area (Å²) in [5, 5.41) is 10.9. The number of carboxylic acid groups (broad SMARTS) is 1. The number of carboxylic acids is 1. The highest BCUT2D eigenvalue weighted by Crippen LogP contribution is 1.93. The number of alkyl carbamates (subject to hydrolysis) is 1. The van der Waals surface area contributed by atoms with Crippen LogP contribution in [0.2, 0.25) is 0 Å². The van der Waals surface area contributed by atoms with Crippen molar-refractivity contribution < 1.29 is 19.4 Å². The van der Waals surface area contributed by atoms with E-state index < -0.39 is 18.1 Å². The van der Waals surface area contributed by atoms with Crippen LogP contribution in [0.5, 0.6) is 0 Å². The lowest BCUT2D eigenvalue weighted by Crippen LogP contribution is -2.40. The molecule has 0 fully saturated rings. The van der Waals surface area contributed by atoms with E-state index >= 15 is 0 Å². The Morgan fingerprint density at radius 3 is 2.50 bits per heavy atom. The zero-order chi connectivity index (χ0) is 11.0. The average molecular weight is 203 g/mol. The molecule has 1 amide bonds. The molecule has 0 heterocycles. The van der Waals surface area contributed by atoms with Gasteiger partial charge in [0, 0.05) is 0 Å². The maximum atomic E-state index is 11.0. The van der Waals surface area contributed by atoms with Gasteiger partial charge in [0.05, 0.1) is 6.61 Å². The second-order valence-electron chi connectivity index (χ2n) is 2.93. The van der Waals surface area contributed by atoms with Crippen LogP contribution in [0, 0.1) is 0 Å². The first-order valence-corrected chi connectivity index (χ1v) is 4.77. The molecule has 0 bridgehead atoms. The van der Waals surface area contributed by atoms with Crippen LogP contribution in [0.1, 0.15) is 33.1 Å². The van der Waals surface area contributed by atoms with Gasteiger partial charge in [0.15, 0.2) is 0 Å². The zero-order valence-electron chi connectivity index (χ0n) is 8.58. The minimum atomic E-state index is -1.04. The van der Waals surface area contributed by atoms with Crippen LogP contribution in [-0.4, -0.2) is 29.8 Å². The van der Waals surface area contributed by atoms with E-state index in [9.17, 15) is 9.59 Å². The number of carbonyl (C=O) groups excluding carboxylic acids is 1. The third kappa shape index (κ3) is 5.40. The Labute approximate surface area is 83.4 Å². The first-order chi connectivity index (χ1) is 6.61. The van der Waals surface area contributed by atoms with Crippen LogP contribution in [0.4, 0.5) is 4.79 Å². The van der Waals surface area contributed by atoms with Crippen LogP contribution >= 0.6 is 0 Å². The van der Waals surface area contributed by atoms with E-state index in [1.165, 1.54) is 0 Å². The van der Waals surface area contributed by atoms with Gasteiger partial charge in [0.25, 0.3) is 0 Å². The fourth-order valence-corrected chi connectivity index (χ4v) is 0.832. The second-order valence-corrected chi connectivity index (χ2v) is 2.93. The van der Waals surface area contributed by atoms with Crippen molar-refractivity contribution in [3.63, 3.8) is 0 Å². The van der Waals surface area contributed by atoms with E-state index in [-0.39, 0.29) is 0 Å². The number of carbonyl (C=O) groups is 2. The first-order valence-electron chi connectivity index (χ1n) is 4.77. The zero-order valence-corrected chi connectivity index (χ0v) is 8.58. The molecule has 0 aliphatic rings. The Morgan fingerprint density at radius 2 is 2.07 bits per heavy atom. The minimum absolute atomic E-state index is 0.332. The van der Waals surface area contributed by atoms with Crippen molar-refractivity contribution in [2.45, 2.75) is 39.2 Å². The summed E-state index contributed by atoms with van der Waals surface area (Å²) in [6, 6.07) is -0.857. The highest BCUT2D eigenvalue weighted by atomic mass is 16.5. The number of amides is 1. The van der Waals surface area contributed by atoms with Crippen LogP contribution < -0.4 is 5.32 Å². The van der Waals surface area contributed by atoms with Crippen molar-refractivity contribution in [2.24, 2.45) is 0 Å². The molecule has 0 rings (SSSR count). The Bertz CT molecular complexity index is 193. The molecule has 14 heavy (non-hydrogen) atoms. The maximum absolute atomic E-state index is 11.0. The predicted octanol–water partition coefficient (Wildman–Crippen LogP) is 1.38. The van der Waals surface area contributed by atoms with Crippen molar-refractivity contribution in [2.75, 3.05) is 6.61 Å². The van der Waals surface area contributed by atoms with Gasteiger partial charge in [-0.25, -0.2) is 9.59 Å². The van der Waals surface area contributed by atoms with Crippen molar-refractivity contribution in [1.82, 2.24) is 5.32 Å². The van der Waals surface area contributed by atoms with Crippen LogP contribution in [0.15, 0.2) is 0 Å². The van der Waals surface area contributed by atoms with E-state index in [1.807, 2.05) is 6.92 Å². The van der Waals surface area contributed by atoms with Crippen molar-refractivity contribution >= 4 is 12.1 Å². The number of hydrogen-bond donors (Lipinski definition) is 2. The standard InChI is InChI=1S/C9H17NO4/c1-3-5-6-14-9(13)10-7(4-2)8(11)12/h7H,3-6H2,1-2H3,(H,10,13)(H,11,12)/t7-/m0/s1. The minimum Gasteiger partial charge on any atom is -0.480 e. The lowest BCUT2D eigenvalue weighted by atomic mass is 10.2. The fourth-order valence-electron chi connectivity index (χ4n) is 0.832. The van der Waals surface area contributed by atoms with E-state index in [4.69, 9.17) is 9.84 Å². The van der Waals surface area contributed by atoms with Gasteiger partial charge in [-0.1, -0.05) is 20.3 Å². The molecule has 0 aliphatic carbocycles. The molecule has 5 heteroatoms. The van der Waals surface area contributed by atoms with Crippen molar-refractivity contribution in [3.05, 3.63) is 0 Å². The molecule has 0 saturated carbocycles. The molecule has 0 spiro atoms. The van der Waals surface area contributed by atoms with Gasteiger partial charge in [0.1, 0.15) is 6.04 Å². The van der Waals surface area contributed by atoms with Crippen molar-refractivity contribution in [3.8, 4) is 0 Å². The number of aliphatic carboxylic acids is 1. The molecule has 0 aromatic rings. The van der Waals surface area contributed by atoms with E-state index in [1.54, 1.807) is 6.92 Å². The van der Waals surface area contributed by atoms with E-state index in [0.717, 1.165) is 12.8 Å². The average Bonchev–Trinajstić information content (AvgIpc) is 2.14. The monoisotopic (exact) mass is 203 g/mol. The summed E-state index contributed by atoms with van der Waals surface area (Å²) in [5.74, 6) is -1.04. The number of ether oxygens (including phenoxy) is 1. The lowest BCUT2D eigenvalue weighted by Gasteiger charge is -2.11. The third-order valence-electron chi connectivity index (χ3n) is 1.73. The Hall–Kier alpha value is -1.26. The Kier molecular flexibility index (Phi) is 6.53.